The van der Waals surface area contributed by atoms with Crippen LogP contribution in [0.15, 0.2) is 42.5 Å². The zero-order valence-electron chi connectivity index (χ0n) is 25.2. The Morgan fingerprint density at radius 2 is 1.63 bits per heavy atom. The number of carbonyl (C=O) groups excluding carboxylic acids is 2. The molecule has 1 saturated carbocycles. The van der Waals surface area contributed by atoms with Crippen molar-refractivity contribution < 1.29 is 50.1 Å². The molecule has 4 rings (SSSR count). The van der Waals surface area contributed by atoms with Crippen molar-refractivity contribution in [3.8, 4) is 17.2 Å². The fraction of sp³-hybridized carbons (Fsp3) is 0.533. The van der Waals surface area contributed by atoms with E-state index in [9.17, 15) is 35.9 Å². The van der Waals surface area contributed by atoms with Crippen LogP contribution in [0.5, 0.6) is 17.2 Å². The molecule has 3 N–H and O–H groups in total. The van der Waals surface area contributed by atoms with Crippen LogP contribution in [0.3, 0.4) is 0 Å². The molecule has 1 heterocycles. The van der Waals surface area contributed by atoms with Gasteiger partial charge in [0.15, 0.2) is 6.67 Å². The molecule has 0 bridgehead atoms. The van der Waals surface area contributed by atoms with Crippen LogP contribution in [0.4, 0.5) is 36.8 Å². The number of rotatable bonds is 12. The topological polar surface area (TPSA) is 104 Å². The summed E-state index contributed by atoms with van der Waals surface area (Å²) in [4.78, 5) is 29.7. The third kappa shape index (κ3) is 11.2. The number of hydrogen-bond donors (Lipinski definition) is 3. The molecule has 0 radical (unpaired) electrons. The molecule has 2 aromatic rings. The first-order valence-corrected chi connectivity index (χ1v) is 14.8. The van der Waals surface area contributed by atoms with E-state index in [0.717, 1.165) is 38.3 Å². The van der Waals surface area contributed by atoms with Gasteiger partial charge in [0.2, 0.25) is 0 Å². The molecule has 46 heavy (non-hydrogen) atoms. The summed E-state index contributed by atoms with van der Waals surface area (Å²) in [7, 11) is 2.02. The second-order valence-electron chi connectivity index (χ2n) is 11.2. The fourth-order valence-corrected chi connectivity index (χ4v) is 5.17. The standard InChI is InChI=1S/C30H37F6N5O5/c1-40-13-15-41(16-14-40)12-11-37-27(42)25-18-23(9-10-26(25)46-30(34,35)36)44-22-7-5-20(6-8-22)38-28(43)39-21-3-2-4-24(17-21)45-29(32,33)19-31/h2-4,9-10,17-18,20,22H,5-8,11-16,19H2,1H3,(H,37,42)(H2,38,39,43). The first-order chi connectivity index (χ1) is 21.8. The Balaban J connectivity index is 1.28. The Bertz CT molecular complexity index is 1320. The third-order valence-electron chi connectivity index (χ3n) is 7.56. The highest BCUT2D eigenvalue weighted by atomic mass is 19.4. The molecule has 0 aromatic heterocycles. The molecule has 0 atom stereocenters. The van der Waals surface area contributed by atoms with Crippen LogP contribution < -0.4 is 30.2 Å². The number of anilines is 1. The predicted octanol–water partition coefficient (Wildman–Crippen LogP) is 5.02. The molecule has 2 aromatic carbocycles. The Hall–Kier alpha value is -3.92. The molecule has 2 aliphatic rings. The number of alkyl halides is 6. The molecule has 1 aliphatic carbocycles. The maximum Gasteiger partial charge on any atom is 0.573 e. The minimum atomic E-state index is -4.99. The van der Waals surface area contributed by atoms with Gasteiger partial charge in [-0.1, -0.05) is 6.07 Å². The average molecular weight is 662 g/mol. The lowest BCUT2D eigenvalue weighted by Gasteiger charge is -2.32. The summed E-state index contributed by atoms with van der Waals surface area (Å²) in [5, 5.41) is 7.99. The predicted molar refractivity (Wildman–Crippen MR) is 156 cm³/mol. The van der Waals surface area contributed by atoms with Gasteiger partial charge in [0.05, 0.1) is 11.7 Å². The minimum absolute atomic E-state index is 0.166. The van der Waals surface area contributed by atoms with E-state index in [1.54, 1.807) is 0 Å². The van der Waals surface area contributed by atoms with E-state index in [2.05, 4.69) is 35.2 Å². The lowest BCUT2D eigenvalue weighted by atomic mass is 9.93. The lowest BCUT2D eigenvalue weighted by Crippen LogP contribution is -2.46. The van der Waals surface area contributed by atoms with Crippen molar-refractivity contribution >= 4 is 17.6 Å². The van der Waals surface area contributed by atoms with Gasteiger partial charge in [0, 0.05) is 57.1 Å². The van der Waals surface area contributed by atoms with E-state index in [-0.39, 0.29) is 41.4 Å². The number of benzene rings is 2. The number of nitrogens with one attached hydrogen (secondary N) is 3. The molecular formula is C30H37F6N5O5. The molecule has 16 heteroatoms. The van der Waals surface area contributed by atoms with Gasteiger partial charge in [-0.25, -0.2) is 9.18 Å². The molecule has 0 spiro atoms. The second-order valence-corrected chi connectivity index (χ2v) is 11.2. The highest BCUT2D eigenvalue weighted by Crippen LogP contribution is 2.32. The fourth-order valence-electron chi connectivity index (χ4n) is 5.17. The Labute approximate surface area is 262 Å². The van der Waals surface area contributed by atoms with Gasteiger partial charge >= 0.3 is 18.5 Å². The van der Waals surface area contributed by atoms with E-state index < -0.39 is 36.8 Å². The van der Waals surface area contributed by atoms with Gasteiger partial charge in [-0.3, -0.25) is 9.69 Å². The van der Waals surface area contributed by atoms with Crippen LogP contribution in [0, 0.1) is 0 Å². The maximum atomic E-state index is 13.2. The van der Waals surface area contributed by atoms with E-state index in [1.807, 2.05) is 7.05 Å². The molecule has 0 unspecified atom stereocenters. The largest absolute Gasteiger partial charge is 0.573 e. The number of halogens is 6. The number of carbonyl (C=O) groups is 2. The SMILES string of the molecule is CN1CCN(CCNC(=O)c2cc(OC3CCC(NC(=O)Nc4cccc(OC(F)(F)CF)c4)CC3)ccc2OC(F)(F)F)CC1. The summed E-state index contributed by atoms with van der Waals surface area (Å²) in [6, 6.07) is 7.93. The number of urea groups is 1. The smallest absolute Gasteiger partial charge is 0.490 e. The van der Waals surface area contributed by atoms with Gasteiger partial charge in [0.25, 0.3) is 5.91 Å². The third-order valence-corrected chi connectivity index (χ3v) is 7.56. The van der Waals surface area contributed by atoms with Crippen molar-refractivity contribution in [2.75, 3.05) is 58.3 Å². The number of hydrogen-bond acceptors (Lipinski definition) is 7. The number of ether oxygens (including phenoxy) is 3. The van der Waals surface area contributed by atoms with Crippen LogP contribution in [0.2, 0.25) is 0 Å². The first-order valence-electron chi connectivity index (χ1n) is 14.8. The quantitative estimate of drug-likeness (QED) is 0.275. The van der Waals surface area contributed by atoms with Crippen molar-refractivity contribution in [3.05, 3.63) is 48.0 Å². The van der Waals surface area contributed by atoms with E-state index in [4.69, 9.17) is 4.74 Å². The monoisotopic (exact) mass is 661 g/mol. The number of likely N-dealkylation sites (N-methyl/N-ethyl adjacent to an activating group) is 1. The highest BCUT2D eigenvalue weighted by molar-refractivity contribution is 5.97. The molecule has 1 saturated heterocycles. The summed E-state index contributed by atoms with van der Waals surface area (Å²) < 4.78 is 92.3. The van der Waals surface area contributed by atoms with Crippen molar-refractivity contribution in [3.63, 3.8) is 0 Å². The van der Waals surface area contributed by atoms with Gasteiger partial charge in [-0.05, 0) is 63.1 Å². The molecule has 2 fully saturated rings. The molecular weight excluding hydrogens is 624 g/mol. The average Bonchev–Trinajstić information content (AvgIpc) is 2.99. The molecule has 254 valence electrons. The van der Waals surface area contributed by atoms with Crippen molar-refractivity contribution in [1.82, 2.24) is 20.4 Å². The number of piperazine rings is 1. The van der Waals surface area contributed by atoms with Gasteiger partial charge in [-0.15, -0.1) is 13.2 Å². The Morgan fingerprint density at radius 3 is 2.30 bits per heavy atom. The van der Waals surface area contributed by atoms with Gasteiger partial charge in [0.1, 0.15) is 17.2 Å². The summed E-state index contributed by atoms with van der Waals surface area (Å²) in [6.45, 7) is 2.25. The van der Waals surface area contributed by atoms with Crippen LogP contribution in [0.25, 0.3) is 0 Å². The lowest BCUT2D eigenvalue weighted by molar-refractivity contribution is -0.274. The Kier molecular flexibility index (Phi) is 11.8. The summed E-state index contributed by atoms with van der Waals surface area (Å²) >= 11 is 0. The van der Waals surface area contributed by atoms with Crippen LogP contribution in [-0.2, 0) is 0 Å². The molecule has 1 aliphatic heterocycles. The van der Waals surface area contributed by atoms with Crippen molar-refractivity contribution in [1.29, 1.82) is 0 Å². The number of nitrogens with zero attached hydrogens (tertiary/aromatic N) is 2. The summed E-state index contributed by atoms with van der Waals surface area (Å²) in [5.74, 6) is -1.47. The molecule has 10 nitrogen and oxygen atoms in total. The summed E-state index contributed by atoms with van der Waals surface area (Å²) in [6.07, 6.45) is -7.28. The van der Waals surface area contributed by atoms with Crippen LogP contribution >= 0.6 is 0 Å². The van der Waals surface area contributed by atoms with Crippen molar-refractivity contribution in [2.24, 2.45) is 0 Å². The van der Waals surface area contributed by atoms with Crippen molar-refractivity contribution in [2.45, 2.75) is 50.3 Å². The first kappa shape index (κ1) is 34.9. The highest BCUT2D eigenvalue weighted by Gasteiger charge is 2.34. The summed E-state index contributed by atoms with van der Waals surface area (Å²) in [5.41, 5.74) is -0.137. The van der Waals surface area contributed by atoms with Gasteiger partial charge < -0.3 is 35.1 Å². The minimum Gasteiger partial charge on any atom is -0.490 e. The molecule has 3 amide bonds. The Morgan fingerprint density at radius 1 is 0.913 bits per heavy atom. The van der Waals surface area contributed by atoms with E-state index in [1.165, 1.54) is 30.3 Å². The van der Waals surface area contributed by atoms with E-state index in [0.29, 0.717) is 32.2 Å². The van der Waals surface area contributed by atoms with Crippen LogP contribution in [-0.4, -0.2) is 99.3 Å². The zero-order valence-corrected chi connectivity index (χ0v) is 25.2. The van der Waals surface area contributed by atoms with E-state index >= 15 is 0 Å². The van der Waals surface area contributed by atoms with Gasteiger partial charge in [-0.2, -0.15) is 8.78 Å². The second kappa shape index (κ2) is 15.6. The zero-order chi connectivity index (χ0) is 33.3. The van der Waals surface area contributed by atoms with Crippen LogP contribution in [0.1, 0.15) is 36.0 Å². The normalized spacial score (nSPS) is 19.6. The number of amides is 3. The maximum absolute atomic E-state index is 13.2.